The van der Waals surface area contributed by atoms with E-state index in [1.54, 1.807) is 13.2 Å². The van der Waals surface area contributed by atoms with Crippen LogP contribution < -0.4 is 10.6 Å². The molecule has 7 nitrogen and oxygen atoms in total. The molecule has 2 N–H and O–H groups in total. The van der Waals surface area contributed by atoms with Crippen molar-refractivity contribution < 1.29 is 27.6 Å². The molecule has 1 aromatic carbocycles. The van der Waals surface area contributed by atoms with Crippen LogP contribution in [0.3, 0.4) is 0 Å². The monoisotopic (exact) mass is 493 g/mol. The van der Waals surface area contributed by atoms with Crippen LogP contribution in [0.4, 0.5) is 14.6 Å². The van der Waals surface area contributed by atoms with Gasteiger partial charge in [-0.1, -0.05) is 38.3 Å². The van der Waals surface area contributed by atoms with Crippen LogP contribution >= 0.6 is 0 Å². The Morgan fingerprint density at radius 3 is 2.46 bits per heavy atom. The number of halogens is 2. The normalized spacial score (nSPS) is 13.3. The number of aromatic nitrogens is 1. The number of carbonyl (C=O) groups is 2. The van der Waals surface area contributed by atoms with Gasteiger partial charge in [0.1, 0.15) is 23.4 Å². The lowest BCUT2D eigenvalue weighted by Crippen LogP contribution is -2.44. The molecule has 2 unspecified atom stereocenters. The van der Waals surface area contributed by atoms with Crippen LogP contribution in [0.1, 0.15) is 71.1 Å². The topological polar surface area (TPSA) is 93.5 Å². The summed E-state index contributed by atoms with van der Waals surface area (Å²) in [6.45, 7) is 8.16. The second-order valence-electron chi connectivity index (χ2n) is 9.70. The Bertz CT molecular complexity index is 957. The molecule has 0 bridgehead atoms. The molecule has 0 saturated heterocycles. The van der Waals surface area contributed by atoms with Crippen LogP contribution in [0.2, 0.25) is 0 Å². The predicted molar refractivity (Wildman–Crippen MR) is 130 cm³/mol. The van der Waals surface area contributed by atoms with Gasteiger partial charge in [0.15, 0.2) is 5.82 Å². The third kappa shape index (κ3) is 10.1. The molecule has 0 aliphatic carbocycles. The van der Waals surface area contributed by atoms with Crippen molar-refractivity contribution in [2.24, 2.45) is 5.92 Å². The van der Waals surface area contributed by atoms with Crippen molar-refractivity contribution in [3.63, 3.8) is 0 Å². The summed E-state index contributed by atoms with van der Waals surface area (Å²) in [6, 6.07) is 3.80. The Morgan fingerprint density at radius 1 is 1.14 bits per heavy atom. The van der Waals surface area contributed by atoms with Crippen molar-refractivity contribution in [1.82, 2.24) is 10.5 Å². The first-order valence-electron chi connectivity index (χ1n) is 12.1. The minimum Gasteiger partial charge on any atom is -0.379 e. The largest absolute Gasteiger partial charge is 0.379 e. The first kappa shape index (κ1) is 28.4. The highest BCUT2D eigenvalue weighted by atomic mass is 19.1. The van der Waals surface area contributed by atoms with Gasteiger partial charge in [0.2, 0.25) is 11.8 Å². The maximum absolute atomic E-state index is 13.4. The third-order valence-electron chi connectivity index (χ3n) is 5.90. The summed E-state index contributed by atoms with van der Waals surface area (Å²) in [5, 5.41) is 9.25. The number of ether oxygens (including phenoxy) is 1. The molecule has 194 valence electrons. The number of carbonyl (C=O) groups excluding carboxylic acids is 2. The molecule has 0 saturated carbocycles. The maximum Gasteiger partial charge on any atom is 0.248 e. The van der Waals surface area contributed by atoms with E-state index in [-0.39, 0.29) is 23.4 Å². The Hall–Kier alpha value is -2.81. The van der Waals surface area contributed by atoms with E-state index in [0.717, 1.165) is 37.5 Å². The van der Waals surface area contributed by atoms with E-state index in [1.165, 1.54) is 0 Å². The molecule has 35 heavy (non-hydrogen) atoms. The van der Waals surface area contributed by atoms with Crippen LogP contribution in [0.25, 0.3) is 0 Å². The van der Waals surface area contributed by atoms with Gasteiger partial charge in [-0.25, -0.2) is 8.78 Å². The van der Waals surface area contributed by atoms with Crippen molar-refractivity contribution in [3.8, 4) is 0 Å². The summed E-state index contributed by atoms with van der Waals surface area (Å²) >= 11 is 0. The van der Waals surface area contributed by atoms with Crippen molar-refractivity contribution in [1.29, 1.82) is 0 Å². The van der Waals surface area contributed by atoms with Gasteiger partial charge in [-0.05, 0) is 50.3 Å². The van der Waals surface area contributed by atoms with Crippen LogP contribution in [0.15, 0.2) is 28.8 Å². The van der Waals surface area contributed by atoms with Gasteiger partial charge in [0, 0.05) is 25.7 Å². The number of nitrogens with one attached hydrogen (secondary N) is 2. The molecule has 0 fully saturated rings. The van der Waals surface area contributed by atoms with Gasteiger partial charge in [-0.15, -0.1) is 0 Å². The minimum atomic E-state index is -0.811. The SMILES string of the molecule is CCCC(NC(=O)Cc1cc(F)cc(F)c1)C(=O)Nc1cc(CC(C)CCCC(C)(C)OC)on1. The Balaban J connectivity index is 1.88. The highest BCUT2D eigenvalue weighted by molar-refractivity contribution is 5.96. The minimum absolute atomic E-state index is 0.138. The van der Waals surface area contributed by atoms with Gasteiger partial charge < -0.3 is 19.9 Å². The Labute approximate surface area is 206 Å². The number of benzene rings is 1. The van der Waals surface area contributed by atoms with E-state index >= 15 is 0 Å². The molecule has 0 spiro atoms. The van der Waals surface area contributed by atoms with Gasteiger partial charge in [0.25, 0.3) is 0 Å². The number of methoxy groups -OCH3 is 1. The predicted octanol–water partition coefficient (Wildman–Crippen LogP) is 5.19. The van der Waals surface area contributed by atoms with Crippen molar-refractivity contribution in [2.75, 3.05) is 12.4 Å². The van der Waals surface area contributed by atoms with Gasteiger partial charge in [-0.3, -0.25) is 9.59 Å². The lowest BCUT2D eigenvalue weighted by Gasteiger charge is -2.23. The van der Waals surface area contributed by atoms with Crippen molar-refractivity contribution in [2.45, 2.75) is 84.3 Å². The standard InChI is InChI=1S/C26H37F2N3O4/c1-6-8-22(29-24(32)14-18-12-19(27)15-20(28)13-18)25(33)30-23-16-21(35-31-23)11-17(2)9-7-10-26(3,4)34-5/h12-13,15-17,22H,6-11,14H2,1-5H3,(H,29,32)(H,30,31,33). The molecule has 2 aromatic rings. The van der Waals surface area contributed by atoms with E-state index in [0.29, 0.717) is 30.9 Å². The maximum atomic E-state index is 13.4. The zero-order valence-electron chi connectivity index (χ0n) is 21.2. The van der Waals surface area contributed by atoms with Gasteiger partial charge in [-0.2, -0.15) is 0 Å². The highest BCUT2D eigenvalue weighted by Crippen LogP contribution is 2.22. The average Bonchev–Trinajstić information content (AvgIpc) is 3.18. The summed E-state index contributed by atoms with van der Waals surface area (Å²) in [7, 11) is 1.72. The van der Waals surface area contributed by atoms with Crippen molar-refractivity contribution in [3.05, 3.63) is 47.2 Å². The first-order valence-corrected chi connectivity index (χ1v) is 12.1. The molecule has 0 aliphatic rings. The summed E-state index contributed by atoms with van der Waals surface area (Å²) in [4.78, 5) is 25.1. The van der Waals surface area contributed by atoms with E-state index in [2.05, 4.69) is 36.6 Å². The van der Waals surface area contributed by atoms with Crippen LogP contribution in [0.5, 0.6) is 0 Å². The number of hydrogen-bond donors (Lipinski definition) is 2. The highest BCUT2D eigenvalue weighted by Gasteiger charge is 2.22. The quantitative estimate of drug-likeness (QED) is 0.378. The summed E-state index contributed by atoms with van der Waals surface area (Å²) in [6.07, 6.45) is 4.49. The van der Waals surface area contributed by atoms with E-state index < -0.39 is 29.5 Å². The number of anilines is 1. The molecule has 2 atom stereocenters. The summed E-state index contributed by atoms with van der Waals surface area (Å²) in [5.74, 6) is -1.13. The second kappa shape index (κ2) is 13.3. The lowest BCUT2D eigenvalue weighted by molar-refractivity contribution is -0.126. The molecule has 0 radical (unpaired) electrons. The fourth-order valence-corrected chi connectivity index (χ4v) is 3.81. The van der Waals surface area contributed by atoms with Crippen LogP contribution in [-0.4, -0.2) is 35.7 Å². The first-order chi connectivity index (χ1) is 16.5. The molecule has 0 aliphatic heterocycles. The third-order valence-corrected chi connectivity index (χ3v) is 5.90. The molecule has 1 heterocycles. The molecular weight excluding hydrogens is 456 g/mol. The number of rotatable bonds is 14. The summed E-state index contributed by atoms with van der Waals surface area (Å²) < 4.78 is 37.6. The number of nitrogens with zero attached hydrogens (tertiary/aromatic N) is 1. The van der Waals surface area contributed by atoms with E-state index in [4.69, 9.17) is 9.26 Å². The van der Waals surface area contributed by atoms with Crippen molar-refractivity contribution >= 4 is 17.6 Å². The van der Waals surface area contributed by atoms with Gasteiger partial charge in [0.05, 0.1) is 12.0 Å². The zero-order chi connectivity index (χ0) is 26.0. The molecular formula is C26H37F2N3O4. The molecule has 1 aromatic heterocycles. The fraction of sp³-hybridized carbons (Fsp3) is 0.577. The fourth-order valence-electron chi connectivity index (χ4n) is 3.81. The number of hydrogen-bond acceptors (Lipinski definition) is 5. The van der Waals surface area contributed by atoms with Crippen LogP contribution in [-0.2, 0) is 27.2 Å². The zero-order valence-corrected chi connectivity index (χ0v) is 21.2. The van der Waals surface area contributed by atoms with E-state index in [9.17, 15) is 18.4 Å². The van der Waals surface area contributed by atoms with Crippen LogP contribution in [0, 0.1) is 17.6 Å². The summed E-state index contributed by atoms with van der Waals surface area (Å²) in [5.41, 5.74) is 0.0538. The Kier molecular flexibility index (Phi) is 10.8. The van der Waals surface area contributed by atoms with Gasteiger partial charge >= 0.3 is 0 Å². The lowest BCUT2D eigenvalue weighted by atomic mass is 9.94. The average molecular weight is 494 g/mol. The number of amides is 2. The smallest absolute Gasteiger partial charge is 0.248 e. The molecule has 2 rings (SSSR count). The van der Waals surface area contributed by atoms with E-state index in [1.807, 2.05) is 6.92 Å². The molecule has 9 heteroatoms. The molecule has 2 amide bonds. The second-order valence-corrected chi connectivity index (χ2v) is 9.70. The Morgan fingerprint density at radius 2 is 1.83 bits per heavy atom.